The molecule has 3 rings (SSSR count). The fourth-order valence-electron chi connectivity index (χ4n) is 2.34. The lowest BCUT2D eigenvalue weighted by atomic mass is 10.3. The fraction of sp³-hybridized carbons (Fsp3) is 0.105. The zero-order chi connectivity index (χ0) is 21.0. The zero-order valence-electron chi connectivity index (χ0n) is 14.6. The van der Waals surface area contributed by atoms with Gasteiger partial charge in [-0.1, -0.05) is 35.5 Å². The van der Waals surface area contributed by atoms with Gasteiger partial charge in [0.15, 0.2) is 18.1 Å². The average molecular weight is 424 g/mol. The summed E-state index contributed by atoms with van der Waals surface area (Å²) in [6, 6.07) is 6.82. The minimum absolute atomic E-state index is 0.155. The van der Waals surface area contributed by atoms with Gasteiger partial charge < -0.3 is 15.2 Å². The molecule has 1 aromatic carbocycles. The molecule has 29 heavy (non-hydrogen) atoms. The van der Waals surface area contributed by atoms with Crippen LogP contribution in [-0.4, -0.2) is 27.4 Å². The van der Waals surface area contributed by atoms with Crippen LogP contribution in [-0.2, 0) is 11.0 Å². The van der Waals surface area contributed by atoms with Crippen molar-refractivity contribution < 1.29 is 27.8 Å². The number of aliphatic hydroxyl groups is 1. The maximum Gasteiger partial charge on any atom is 0.435 e. The van der Waals surface area contributed by atoms with E-state index >= 15 is 0 Å². The minimum atomic E-state index is -4.71. The highest BCUT2D eigenvalue weighted by molar-refractivity contribution is 6.32. The maximum absolute atomic E-state index is 13.1. The van der Waals surface area contributed by atoms with Crippen molar-refractivity contribution in [3.05, 3.63) is 82.5 Å². The standard InChI is InChI=1S/C19H13ClF3N3O3/c20-14-7-3-4-8-15(14)26-18(10-16(25-26)19(21,22)23)29-11-17(28)24-12-5-1-2-6-13(27)9-12/h1-5,7-10,27H,11H2,(H,24,28). The van der Waals surface area contributed by atoms with Gasteiger partial charge in [-0.15, -0.1) is 0 Å². The van der Waals surface area contributed by atoms with Crippen LogP contribution in [0.4, 0.5) is 13.2 Å². The van der Waals surface area contributed by atoms with Gasteiger partial charge in [-0.05, 0) is 24.3 Å². The number of halogens is 4. The molecule has 0 radical (unpaired) electrons. The Hall–Kier alpha value is -3.42. The maximum atomic E-state index is 13.1. The Morgan fingerprint density at radius 2 is 2.10 bits per heavy atom. The summed E-state index contributed by atoms with van der Waals surface area (Å²) in [7, 11) is 0. The first kappa shape index (κ1) is 20.3. The van der Waals surface area contributed by atoms with E-state index in [9.17, 15) is 23.1 Å². The first-order valence-electron chi connectivity index (χ1n) is 8.13. The average Bonchev–Trinajstić information content (AvgIpc) is 2.98. The Labute approximate surface area is 167 Å². The second kappa shape index (κ2) is 8.30. The second-order valence-corrected chi connectivity index (χ2v) is 6.13. The quantitative estimate of drug-likeness (QED) is 0.710. The predicted octanol–water partition coefficient (Wildman–Crippen LogP) is 4.09. The van der Waals surface area contributed by atoms with E-state index in [4.69, 9.17) is 16.3 Å². The molecule has 0 aliphatic heterocycles. The molecule has 0 fully saturated rings. The molecule has 1 aliphatic rings. The Morgan fingerprint density at radius 1 is 1.34 bits per heavy atom. The van der Waals surface area contributed by atoms with Gasteiger partial charge in [0.1, 0.15) is 0 Å². The van der Waals surface area contributed by atoms with Crippen molar-refractivity contribution in [2.24, 2.45) is 0 Å². The van der Waals surface area contributed by atoms with Gasteiger partial charge in [-0.25, -0.2) is 0 Å². The molecule has 0 spiro atoms. The lowest BCUT2D eigenvalue weighted by Gasteiger charge is -2.11. The molecular weight excluding hydrogens is 411 g/mol. The van der Waals surface area contributed by atoms with Crippen LogP contribution in [0.15, 0.2) is 71.8 Å². The molecule has 1 aliphatic carbocycles. The largest absolute Gasteiger partial charge is 0.501 e. The van der Waals surface area contributed by atoms with Crippen molar-refractivity contribution >= 4 is 17.5 Å². The van der Waals surface area contributed by atoms with Crippen molar-refractivity contribution in [2.75, 3.05) is 6.61 Å². The number of aliphatic hydroxyl groups excluding tert-OH is 1. The normalized spacial score (nSPS) is 13.5. The van der Waals surface area contributed by atoms with Crippen molar-refractivity contribution in [2.45, 2.75) is 6.18 Å². The highest BCUT2D eigenvalue weighted by Gasteiger charge is 2.36. The van der Waals surface area contributed by atoms with Gasteiger partial charge >= 0.3 is 6.18 Å². The number of carbonyl (C=O) groups excluding carboxylic acids is 1. The SMILES string of the molecule is O=C(COc1cc(C(F)(F)F)nn1-c1ccccc1Cl)NC1=CC(O)=C=CC=C1. The predicted molar refractivity (Wildman–Crippen MR) is 98.7 cm³/mol. The molecule has 1 heterocycles. The Bertz CT molecular complexity index is 1060. The Kier molecular flexibility index (Phi) is 5.81. The van der Waals surface area contributed by atoms with Crippen LogP contribution in [0.3, 0.4) is 0 Å². The Morgan fingerprint density at radius 3 is 2.83 bits per heavy atom. The van der Waals surface area contributed by atoms with Crippen molar-refractivity contribution in [1.29, 1.82) is 0 Å². The van der Waals surface area contributed by atoms with E-state index in [1.165, 1.54) is 36.4 Å². The number of para-hydroxylation sites is 1. The number of rotatable bonds is 5. The third kappa shape index (κ3) is 5.10. The van der Waals surface area contributed by atoms with Crippen LogP contribution in [0.1, 0.15) is 5.69 Å². The number of alkyl halides is 3. The van der Waals surface area contributed by atoms with E-state index in [0.29, 0.717) is 6.07 Å². The highest BCUT2D eigenvalue weighted by atomic mass is 35.5. The first-order chi connectivity index (χ1) is 13.7. The summed E-state index contributed by atoms with van der Waals surface area (Å²) in [4.78, 5) is 12.1. The minimum Gasteiger partial charge on any atom is -0.501 e. The molecule has 1 aromatic heterocycles. The van der Waals surface area contributed by atoms with Gasteiger partial charge in [-0.3, -0.25) is 4.79 Å². The summed E-state index contributed by atoms with van der Waals surface area (Å²) in [5, 5.41) is 15.6. The Balaban J connectivity index is 1.80. The van der Waals surface area contributed by atoms with E-state index in [1.54, 1.807) is 12.1 Å². The summed E-state index contributed by atoms with van der Waals surface area (Å²) in [5.41, 5.74) is 1.75. The van der Waals surface area contributed by atoms with Crippen molar-refractivity contribution in [3.8, 4) is 11.6 Å². The number of nitrogens with zero attached hydrogens (tertiary/aromatic N) is 2. The smallest absolute Gasteiger partial charge is 0.435 e. The van der Waals surface area contributed by atoms with E-state index in [-0.39, 0.29) is 28.0 Å². The third-order valence-corrected chi connectivity index (χ3v) is 3.90. The monoisotopic (exact) mass is 423 g/mol. The van der Waals surface area contributed by atoms with Gasteiger partial charge in [0.2, 0.25) is 5.88 Å². The van der Waals surface area contributed by atoms with Crippen LogP contribution >= 0.6 is 11.6 Å². The number of hydrogen-bond donors (Lipinski definition) is 2. The number of ether oxygens (including phenoxy) is 1. The number of carbonyl (C=O) groups is 1. The van der Waals surface area contributed by atoms with Crippen molar-refractivity contribution in [1.82, 2.24) is 15.1 Å². The molecule has 0 bridgehead atoms. The number of nitrogens with one attached hydrogen (secondary N) is 1. The summed E-state index contributed by atoms with van der Waals surface area (Å²) in [6.07, 6.45) is 1.04. The zero-order valence-corrected chi connectivity index (χ0v) is 15.3. The van der Waals surface area contributed by atoms with Crippen LogP contribution in [0.2, 0.25) is 5.02 Å². The molecule has 6 nitrogen and oxygen atoms in total. The number of aromatic nitrogens is 2. The lowest BCUT2D eigenvalue weighted by Crippen LogP contribution is -2.28. The third-order valence-electron chi connectivity index (χ3n) is 3.58. The van der Waals surface area contributed by atoms with Gasteiger partial charge in [0.05, 0.1) is 10.7 Å². The molecular formula is C19H13ClF3N3O3. The van der Waals surface area contributed by atoms with Crippen LogP contribution in [0.25, 0.3) is 5.69 Å². The van der Waals surface area contributed by atoms with E-state index in [1.807, 2.05) is 0 Å². The number of hydrogen-bond acceptors (Lipinski definition) is 4. The molecule has 0 saturated carbocycles. The van der Waals surface area contributed by atoms with Crippen LogP contribution in [0.5, 0.6) is 5.88 Å². The highest BCUT2D eigenvalue weighted by Crippen LogP contribution is 2.33. The lowest BCUT2D eigenvalue weighted by molar-refractivity contribution is -0.141. The van der Waals surface area contributed by atoms with Gasteiger partial charge in [0, 0.05) is 17.8 Å². The number of benzene rings is 1. The van der Waals surface area contributed by atoms with E-state index in [2.05, 4.69) is 16.1 Å². The molecule has 0 atom stereocenters. The van der Waals surface area contributed by atoms with E-state index < -0.39 is 24.4 Å². The first-order valence-corrected chi connectivity index (χ1v) is 8.50. The summed E-state index contributed by atoms with van der Waals surface area (Å²) >= 11 is 6.05. The van der Waals surface area contributed by atoms with E-state index in [0.717, 1.165) is 4.68 Å². The molecule has 0 saturated heterocycles. The fourth-order valence-corrected chi connectivity index (χ4v) is 2.55. The molecule has 0 unspecified atom stereocenters. The van der Waals surface area contributed by atoms with Gasteiger partial charge in [-0.2, -0.15) is 23.0 Å². The summed E-state index contributed by atoms with van der Waals surface area (Å²) < 4.78 is 45.4. The van der Waals surface area contributed by atoms with Crippen LogP contribution < -0.4 is 10.1 Å². The van der Waals surface area contributed by atoms with Crippen molar-refractivity contribution in [3.63, 3.8) is 0 Å². The second-order valence-electron chi connectivity index (χ2n) is 5.72. The summed E-state index contributed by atoms with van der Waals surface area (Å²) in [5.74, 6) is -1.16. The molecule has 1 amide bonds. The molecule has 2 aromatic rings. The van der Waals surface area contributed by atoms with Gasteiger partial charge in [0.25, 0.3) is 5.91 Å². The number of amides is 1. The van der Waals surface area contributed by atoms with Crippen LogP contribution in [0, 0.1) is 0 Å². The molecule has 150 valence electrons. The molecule has 2 N–H and O–H groups in total. The summed E-state index contributed by atoms with van der Waals surface area (Å²) in [6.45, 7) is -0.601. The number of allylic oxidation sites excluding steroid dienone is 3. The topological polar surface area (TPSA) is 76.4 Å². The molecule has 10 heteroatoms.